The fraction of sp³-hybridized carbons (Fsp3) is 0.588. The van der Waals surface area contributed by atoms with Crippen molar-refractivity contribution < 1.29 is 31.5 Å². The highest BCUT2D eigenvalue weighted by molar-refractivity contribution is 7.92. The number of halogens is 2. The molecule has 0 unspecified atom stereocenters. The van der Waals surface area contributed by atoms with Gasteiger partial charge in [-0.1, -0.05) is 13.8 Å². The van der Waals surface area contributed by atoms with E-state index in [2.05, 4.69) is 20.3 Å². The molecule has 0 radical (unpaired) electrons. The van der Waals surface area contributed by atoms with Crippen LogP contribution in [0.25, 0.3) is 0 Å². The molecule has 2 aromatic rings. The highest BCUT2D eigenvalue weighted by Gasteiger charge is 2.44. The number of rotatable bonds is 11. The summed E-state index contributed by atoms with van der Waals surface area (Å²) in [5.74, 6) is -4.25. The van der Waals surface area contributed by atoms with Crippen molar-refractivity contribution in [3.05, 3.63) is 41.5 Å². The van der Waals surface area contributed by atoms with Gasteiger partial charge >= 0.3 is 5.97 Å². The maximum atomic E-state index is 13.9. The molecule has 1 atom stereocenters. The number of fused-ring (bicyclic) bond motifs is 1. The number of anilines is 5. The molecule has 11 nitrogen and oxygen atoms in total. The molecule has 1 saturated carbocycles. The molecule has 48 heavy (non-hydrogen) atoms. The highest BCUT2D eigenvalue weighted by atomic mass is 32.2. The van der Waals surface area contributed by atoms with Crippen LogP contribution in [0.4, 0.5) is 37.2 Å². The fourth-order valence-electron chi connectivity index (χ4n) is 6.80. The summed E-state index contributed by atoms with van der Waals surface area (Å²) in [6.45, 7) is 5.90. The Morgan fingerprint density at radius 1 is 0.958 bits per heavy atom. The van der Waals surface area contributed by atoms with E-state index in [1.807, 2.05) is 17.0 Å². The number of sulfonamides is 1. The van der Waals surface area contributed by atoms with E-state index in [4.69, 9.17) is 10.5 Å². The number of carbonyl (C=O) groups is 2. The standard InChI is InChI=1S/C34H46F2N6O5S/c1-22(2)29(37)32(44)47-17-18-48(45,46)40-24-3-4-26(27(20-24)41-13-8-33(6-7-33)9-14-41)31(43)39-25-19-23-5-12-38-30(23)28(21-25)42-15-10-34(35,36)11-16-42/h3-4,19-22,29,38,40H,5-18,37H2,1-2H3,(H,39,43)/t29-/m0/s1. The van der Waals surface area contributed by atoms with Crippen molar-refractivity contribution in [2.45, 2.75) is 70.8 Å². The van der Waals surface area contributed by atoms with E-state index in [0.717, 1.165) is 55.8 Å². The van der Waals surface area contributed by atoms with Crippen molar-refractivity contribution in [1.82, 2.24) is 0 Å². The number of nitrogens with zero attached hydrogens (tertiary/aromatic N) is 2. The van der Waals surface area contributed by atoms with Gasteiger partial charge in [-0.25, -0.2) is 17.2 Å². The molecule has 6 rings (SSSR count). The first-order chi connectivity index (χ1) is 22.7. The van der Waals surface area contributed by atoms with E-state index in [1.54, 1.807) is 32.0 Å². The van der Waals surface area contributed by atoms with Gasteiger partial charge in [-0.05, 0) is 79.3 Å². The van der Waals surface area contributed by atoms with Crippen LogP contribution in [-0.4, -0.2) is 77.3 Å². The van der Waals surface area contributed by atoms with Crippen LogP contribution in [-0.2, 0) is 26.0 Å². The molecule has 262 valence electrons. The van der Waals surface area contributed by atoms with Crippen molar-refractivity contribution >= 4 is 50.3 Å². The Morgan fingerprint density at radius 3 is 2.27 bits per heavy atom. The Kier molecular flexibility index (Phi) is 9.51. The Balaban J connectivity index is 1.20. The molecule has 3 fully saturated rings. The van der Waals surface area contributed by atoms with Gasteiger partial charge in [0.15, 0.2) is 0 Å². The molecule has 4 aliphatic rings. The lowest BCUT2D eigenvalue weighted by atomic mass is 9.93. The van der Waals surface area contributed by atoms with Crippen molar-refractivity contribution in [2.75, 3.05) is 70.2 Å². The molecular formula is C34H46F2N6O5S. The number of hydrogen-bond acceptors (Lipinski definition) is 9. The smallest absolute Gasteiger partial charge is 0.323 e. The van der Waals surface area contributed by atoms with Gasteiger partial charge in [0.1, 0.15) is 18.4 Å². The minimum atomic E-state index is -3.89. The number of benzene rings is 2. The number of esters is 1. The number of piperidine rings is 2. The van der Waals surface area contributed by atoms with E-state index in [0.29, 0.717) is 28.0 Å². The van der Waals surface area contributed by atoms with Gasteiger partial charge in [-0.3, -0.25) is 14.3 Å². The minimum Gasteiger partial charge on any atom is -0.463 e. The van der Waals surface area contributed by atoms with E-state index in [1.165, 1.54) is 12.8 Å². The lowest BCUT2D eigenvalue weighted by Crippen LogP contribution is -2.39. The molecule has 14 heteroatoms. The van der Waals surface area contributed by atoms with Crippen LogP contribution in [0.2, 0.25) is 0 Å². The number of hydrogen-bond donors (Lipinski definition) is 4. The van der Waals surface area contributed by atoms with Gasteiger partial charge in [0, 0.05) is 51.3 Å². The Morgan fingerprint density at radius 2 is 1.60 bits per heavy atom. The molecular weight excluding hydrogens is 642 g/mol. The van der Waals surface area contributed by atoms with Crippen molar-refractivity contribution in [2.24, 2.45) is 17.1 Å². The first-order valence-corrected chi connectivity index (χ1v) is 18.6. The molecule has 1 spiro atoms. The Labute approximate surface area is 281 Å². The third-order valence-electron chi connectivity index (χ3n) is 10.2. The van der Waals surface area contributed by atoms with E-state index < -0.39 is 33.7 Å². The zero-order valence-corrected chi connectivity index (χ0v) is 28.4. The van der Waals surface area contributed by atoms with Gasteiger partial charge < -0.3 is 30.9 Å². The zero-order valence-electron chi connectivity index (χ0n) is 27.6. The van der Waals surface area contributed by atoms with Crippen LogP contribution in [0.1, 0.15) is 68.3 Å². The maximum Gasteiger partial charge on any atom is 0.323 e. The summed E-state index contributed by atoms with van der Waals surface area (Å²) in [7, 11) is -3.89. The number of nitrogens with two attached hydrogens (primary N) is 1. The second kappa shape index (κ2) is 13.3. The van der Waals surface area contributed by atoms with Crippen LogP contribution in [0, 0.1) is 11.3 Å². The summed E-state index contributed by atoms with van der Waals surface area (Å²) < 4.78 is 61.4. The molecule has 2 aromatic carbocycles. The molecule has 5 N–H and O–H groups in total. The SMILES string of the molecule is CC(C)[C@H](N)C(=O)OCCS(=O)(=O)Nc1ccc(C(=O)Nc2cc3c(c(N4CCC(F)(F)CC4)c2)NCC3)c(N2CCC3(CC2)CC3)c1. The molecule has 2 saturated heterocycles. The van der Waals surface area contributed by atoms with Crippen LogP contribution in [0.3, 0.4) is 0 Å². The highest BCUT2D eigenvalue weighted by Crippen LogP contribution is 2.54. The Bertz CT molecular complexity index is 1650. The molecule has 1 aliphatic carbocycles. The topological polar surface area (TPSA) is 146 Å². The van der Waals surface area contributed by atoms with Crippen LogP contribution >= 0.6 is 0 Å². The summed E-state index contributed by atoms with van der Waals surface area (Å²) in [6.07, 6.45) is 4.76. The number of nitrogens with one attached hydrogen (secondary N) is 3. The molecule has 0 bridgehead atoms. The lowest BCUT2D eigenvalue weighted by molar-refractivity contribution is -0.145. The second-order valence-electron chi connectivity index (χ2n) is 14.1. The third kappa shape index (κ3) is 7.80. The van der Waals surface area contributed by atoms with Crippen LogP contribution in [0.5, 0.6) is 0 Å². The molecule has 3 aliphatic heterocycles. The lowest BCUT2D eigenvalue weighted by Gasteiger charge is -2.35. The summed E-state index contributed by atoms with van der Waals surface area (Å²) in [6, 6.07) is 7.79. The monoisotopic (exact) mass is 688 g/mol. The quantitative estimate of drug-likeness (QED) is 0.245. The second-order valence-corrected chi connectivity index (χ2v) is 15.9. The number of carbonyl (C=O) groups excluding carboxylic acids is 2. The van der Waals surface area contributed by atoms with Crippen molar-refractivity contribution in [3.63, 3.8) is 0 Å². The molecule has 0 aromatic heterocycles. The summed E-state index contributed by atoms with van der Waals surface area (Å²) in [5, 5.41) is 6.43. The summed E-state index contributed by atoms with van der Waals surface area (Å²) in [4.78, 5) is 30.1. The normalized spacial score (nSPS) is 20.2. The minimum absolute atomic E-state index is 0.141. The Hall–Kier alpha value is -3.65. The van der Waals surface area contributed by atoms with Gasteiger partial charge in [-0.2, -0.15) is 0 Å². The largest absolute Gasteiger partial charge is 0.463 e. The fourth-order valence-corrected chi connectivity index (χ4v) is 7.69. The number of alkyl halides is 2. The summed E-state index contributed by atoms with van der Waals surface area (Å²) >= 11 is 0. The van der Waals surface area contributed by atoms with E-state index in [9.17, 15) is 26.8 Å². The average molecular weight is 689 g/mol. The third-order valence-corrected chi connectivity index (χ3v) is 11.5. The van der Waals surface area contributed by atoms with Gasteiger partial charge in [0.25, 0.3) is 11.8 Å². The van der Waals surface area contributed by atoms with Gasteiger partial charge in [0.2, 0.25) is 10.0 Å². The van der Waals surface area contributed by atoms with E-state index >= 15 is 0 Å². The molecule has 3 heterocycles. The number of ether oxygens (including phenoxy) is 1. The maximum absolute atomic E-state index is 13.9. The molecule has 1 amide bonds. The first-order valence-electron chi connectivity index (χ1n) is 16.9. The predicted molar refractivity (Wildman–Crippen MR) is 184 cm³/mol. The van der Waals surface area contributed by atoms with E-state index in [-0.39, 0.29) is 44.4 Å². The van der Waals surface area contributed by atoms with Crippen LogP contribution in [0.15, 0.2) is 30.3 Å². The number of amides is 1. The average Bonchev–Trinajstić information content (AvgIpc) is 3.61. The first kappa shape index (κ1) is 34.2. The van der Waals surface area contributed by atoms with Crippen LogP contribution < -0.4 is 30.9 Å². The van der Waals surface area contributed by atoms with Gasteiger partial charge in [0.05, 0.1) is 28.3 Å². The predicted octanol–water partition coefficient (Wildman–Crippen LogP) is 4.79. The summed E-state index contributed by atoms with van der Waals surface area (Å²) in [5.41, 5.74) is 10.8. The van der Waals surface area contributed by atoms with Gasteiger partial charge in [-0.15, -0.1) is 0 Å². The van der Waals surface area contributed by atoms with Crippen molar-refractivity contribution in [1.29, 1.82) is 0 Å². The zero-order chi connectivity index (χ0) is 34.3. The van der Waals surface area contributed by atoms with Crippen molar-refractivity contribution in [3.8, 4) is 0 Å².